The molecule has 0 aromatic carbocycles. The molecule has 2 unspecified atom stereocenters. The lowest BCUT2D eigenvalue weighted by molar-refractivity contribution is -0.126. The number of fused-ring (bicyclic) bond motifs is 1. The van der Waals surface area contributed by atoms with Crippen molar-refractivity contribution < 1.29 is 4.79 Å². The van der Waals surface area contributed by atoms with Crippen LogP contribution in [0.1, 0.15) is 32.1 Å². The lowest BCUT2D eigenvalue weighted by Crippen LogP contribution is -2.62. The maximum atomic E-state index is 12.4. The number of rotatable bonds is 3. The van der Waals surface area contributed by atoms with E-state index in [0.717, 1.165) is 50.6 Å². The van der Waals surface area contributed by atoms with Gasteiger partial charge in [0.05, 0.1) is 10.5 Å². The Labute approximate surface area is 120 Å². The standard InChI is InChI=1S/C14H23N3OS/c1-17-4-2-14(3-5-17,13(15)19)16-12(18)11-7-9-6-10(9)8-11/h9-11H,2-8H2,1H3,(H2,15,19)(H,16,18). The first-order valence-corrected chi connectivity index (χ1v) is 7.71. The molecule has 3 fully saturated rings. The molecule has 5 heteroatoms. The van der Waals surface area contributed by atoms with Crippen molar-refractivity contribution in [2.24, 2.45) is 23.5 Å². The minimum absolute atomic E-state index is 0.185. The molecule has 2 saturated carbocycles. The minimum Gasteiger partial charge on any atom is -0.391 e. The van der Waals surface area contributed by atoms with Crippen molar-refractivity contribution in [3.05, 3.63) is 0 Å². The van der Waals surface area contributed by atoms with Gasteiger partial charge in [0.25, 0.3) is 0 Å². The average molecular weight is 281 g/mol. The van der Waals surface area contributed by atoms with Crippen molar-refractivity contribution in [3.63, 3.8) is 0 Å². The second-order valence-electron chi connectivity index (χ2n) is 6.66. The molecule has 2 aliphatic carbocycles. The van der Waals surface area contributed by atoms with E-state index in [1.54, 1.807) is 0 Å². The van der Waals surface area contributed by atoms with Crippen molar-refractivity contribution in [3.8, 4) is 0 Å². The molecule has 19 heavy (non-hydrogen) atoms. The van der Waals surface area contributed by atoms with E-state index >= 15 is 0 Å². The first-order valence-electron chi connectivity index (χ1n) is 7.31. The third-order valence-electron chi connectivity index (χ3n) is 5.29. The number of hydrogen-bond donors (Lipinski definition) is 2. The Hall–Kier alpha value is -0.680. The van der Waals surface area contributed by atoms with Crippen molar-refractivity contribution >= 4 is 23.1 Å². The molecule has 1 aliphatic heterocycles. The Bertz CT molecular complexity index is 393. The van der Waals surface area contributed by atoms with Gasteiger partial charge in [-0.15, -0.1) is 0 Å². The number of carbonyl (C=O) groups excluding carboxylic acids is 1. The second kappa shape index (κ2) is 4.70. The van der Waals surface area contributed by atoms with Crippen molar-refractivity contribution in [2.75, 3.05) is 20.1 Å². The Balaban J connectivity index is 1.64. The Kier molecular flexibility index (Phi) is 3.29. The molecule has 3 aliphatic rings. The molecular weight excluding hydrogens is 258 g/mol. The molecule has 0 aromatic rings. The molecule has 1 saturated heterocycles. The van der Waals surface area contributed by atoms with Crippen LogP contribution < -0.4 is 11.1 Å². The topological polar surface area (TPSA) is 58.4 Å². The predicted molar refractivity (Wildman–Crippen MR) is 78.7 cm³/mol. The Morgan fingerprint density at radius 1 is 1.26 bits per heavy atom. The Morgan fingerprint density at radius 2 is 1.84 bits per heavy atom. The lowest BCUT2D eigenvalue weighted by atomic mass is 9.86. The highest BCUT2D eigenvalue weighted by Gasteiger charge is 2.49. The lowest BCUT2D eigenvalue weighted by Gasteiger charge is -2.41. The van der Waals surface area contributed by atoms with Gasteiger partial charge in [-0.1, -0.05) is 12.2 Å². The van der Waals surface area contributed by atoms with Gasteiger partial charge in [-0.2, -0.15) is 0 Å². The third-order valence-corrected chi connectivity index (χ3v) is 5.68. The number of nitrogens with one attached hydrogen (secondary N) is 1. The summed E-state index contributed by atoms with van der Waals surface area (Å²) in [6.07, 6.45) is 5.16. The maximum Gasteiger partial charge on any atom is 0.223 e. The fraction of sp³-hybridized carbons (Fsp3) is 0.857. The SMILES string of the molecule is CN1CCC(NC(=O)C2CC3CC3C2)(C(N)=S)CC1. The van der Waals surface area contributed by atoms with Crippen LogP contribution in [0.5, 0.6) is 0 Å². The molecule has 2 atom stereocenters. The number of nitrogens with two attached hydrogens (primary N) is 1. The third kappa shape index (κ3) is 2.50. The fourth-order valence-electron chi connectivity index (χ4n) is 3.70. The normalized spacial score (nSPS) is 36.6. The first-order chi connectivity index (χ1) is 9.00. The number of likely N-dealkylation sites (tertiary alicyclic amines) is 1. The summed E-state index contributed by atoms with van der Waals surface area (Å²) in [5.74, 6) is 2.04. The summed E-state index contributed by atoms with van der Waals surface area (Å²) in [5, 5.41) is 3.20. The first kappa shape index (κ1) is 13.3. The molecular formula is C14H23N3OS. The van der Waals surface area contributed by atoms with Crippen LogP contribution >= 0.6 is 12.2 Å². The van der Waals surface area contributed by atoms with Crippen LogP contribution in [0.15, 0.2) is 0 Å². The molecule has 0 spiro atoms. The number of thiocarbonyl (C=S) groups is 1. The van der Waals surface area contributed by atoms with E-state index < -0.39 is 5.54 Å². The van der Waals surface area contributed by atoms with Gasteiger partial charge in [0, 0.05) is 19.0 Å². The maximum absolute atomic E-state index is 12.4. The van der Waals surface area contributed by atoms with Gasteiger partial charge >= 0.3 is 0 Å². The van der Waals surface area contributed by atoms with Gasteiger partial charge < -0.3 is 16.0 Å². The summed E-state index contributed by atoms with van der Waals surface area (Å²) in [4.78, 5) is 15.1. The van der Waals surface area contributed by atoms with E-state index in [0.29, 0.717) is 4.99 Å². The summed E-state index contributed by atoms with van der Waals surface area (Å²) in [7, 11) is 2.09. The van der Waals surface area contributed by atoms with E-state index in [4.69, 9.17) is 18.0 Å². The van der Waals surface area contributed by atoms with Crippen LogP contribution in [0.4, 0.5) is 0 Å². The van der Waals surface area contributed by atoms with Crippen LogP contribution in [0.2, 0.25) is 0 Å². The van der Waals surface area contributed by atoms with Crippen molar-refractivity contribution in [2.45, 2.75) is 37.6 Å². The summed E-state index contributed by atoms with van der Waals surface area (Å²) in [6.45, 7) is 1.88. The van der Waals surface area contributed by atoms with Gasteiger partial charge in [0.2, 0.25) is 5.91 Å². The molecule has 1 heterocycles. The van der Waals surface area contributed by atoms with E-state index in [1.165, 1.54) is 6.42 Å². The molecule has 1 amide bonds. The van der Waals surface area contributed by atoms with Gasteiger partial charge in [-0.05, 0) is 51.0 Å². The molecule has 106 valence electrons. The Morgan fingerprint density at radius 3 is 2.37 bits per heavy atom. The van der Waals surface area contributed by atoms with Gasteiger partial charge in [-0.25, -0.2) is 0 Å². The highest BCUT2D eigenvalue weighted by atomic mass is 32.1. The summed E-state index contributed by atoms with van der Waals surface area (Å²) >= 11 is 5.24. The van der Waals surface area contributed by atoms with Crippen molar-refractivity contribution in [1.82, 2.24) is 10.2 Å². The minimum atomic E-state index is -0.439. The van der Waals surface area contributed by atoms with Crippen LogP contribution in [0, 0.1) is 17.8 Å². The quantitative estimate of drug-likeness (QED) is 0.755. The molecule has 3 N–H and O–H groups in total. The second-order valence-corrected chi connectivity index (χ2v) is 7.10. The van der Waals surface area contributed by atoms with Crippen LogP contribution in [-0.2, 0) is 4.79 Å². The van der Waals surface area contributed by atoms with E-state index in [2.05, 4.69) is 17.3 Å². The number of piperidine rings is 1. The summed E-state index contributed by atoms with van der Waals surface area (Å²) in [5.41, 5.74) is 5.49. The van der Waals surface area contributed by atoms with Crippen LogP contribution in [0.3, 0.4) is 0 Å². The summed E-state index contributed by atoms with van der Waals surface area (Å²) in [6, 6.07) is 0. The zero-order chi connectivity index (χ0) is 13.6. The van der Waals surface area contributed by atoms with Gasteiger partial charge in [-0.3, -0.25) is 4.79 Å². The molecule has 4 nitrogen and oxygen atoms in total. The zero-order valence-electron chi connectivity index (χ0n) is 11.5. The van der Waals surface area contributed by atoms with E-state index in [9.17, 15) is 4.79 Å². The highest BCUT2D eigenvalue weighted by molar-refractivity contribution is 7.80. The molecule has 3 rings (SSSR count). The average Bonchev–Trinajstić information content (AvgIpc) is 2.99. The zero-order valence-corrected chi connectivity index (χ0v) is 12.3. The largest absolute Gasteiger partial charge is 0.391 e. The van der Waals surface area contributed by atoms with E-state index in [1.807, 2.05) is 0 Å². The number of nitrogens with zero attached hydrogens (tertiary/aromatic N) is 1. The number of carbonyl (C=O) groups is 1. The van der Waals surface area contributed by atoms with Crippen LogP contribution in [0.25, 0.3) is 0 Å². The molecule has 0 radical (unpaired) electrons. The summed E-state index contributed by atoms with van der Waals surface area (Å²) < 4.78 is 0. The van der Waals surface area contributed by atoms with Crippen LogP contribution in [-0.4, -0.2) is 41.5 Å². The van der Waals surface area contributed by atoms with E-state index in [-0.39, 0.29) is 11.8 Å². The molecule has 0 aromatic heterocycles. The number of amides is 1. The fourth-order valence-corrected chi connectivity index (χ4v) is 3.96. The van der Waals surface area contributed by atoms with Crippen molar-refractivity contribution in [1.29, 1.82) is 0 Å². The number of hydrogen-bond acceptors (Lipinski definition) is 3. The smallest absolute Gasteiger partial charge is 0.223 e. The van der Waals surface area contributed by atoms with Gasteiger partial charge in [0.1, 0.15) is 0 Å². The molecule has 0 bridgehead atoms. The van der Waals surface area contributed by atoms with Gasteiger partial charge in [0.15, 0.2) is 0 Å². The monoisotopic (exact) mass is 281 g/mol. The predicted octanol–water partition coefficient (Wildman–Crippen LogP) is 0.899. The highest BCUT2D eigenvalue weighted by Crippen LogP contribution is 2.54.